The van der Waals surface area contributed by atoms with Crippen molar-refractivity contribution in [3.05, 3.63) is 24.3 Å². The maximum atomic E-state index is 12.2. The summed E-state index contributed by atoms with van der Waals surface area (Å²) in [6.45, 7) is 4.85. The van der Waals surface area contributed by atoms with Crippen LogP contribution in [0.15, 0.2) is 24.3 Å². The van der Waals surface area contributed by atoms with Gasteiger partial charge in [-0.2, -0.15) is 0 Å². The van der Waals surface area contributed by atoms with Gasteiger partial charge in [-0.05, 0) is 82.4 Å². The van der Waals surface area contributed by atoms with Crippen molar-refractivity contribution in [1.82, 2.24) is 4.90 Å². The number of nitrogens with one attached hydrogen (secondary N) is 1. The molecule has 0 saturated carbocycles. The van der Waals surface area contributed by atoms with E-state index >= 15 is 0 Å². The molecule has 150 valence electrons. The summed E-state index contributed by atoms with van der Waals surface area (Å²) >= 11 is 0. The van der Waals surface area contributed by atoms with Crippen LogP contribution in [0.1, 0.15) is 57.8 Å². The smallest absolute Gasteiger partial charge is 0.224 e. The Morgan fingerprint density at radius 1 is 1.07 bits per heavy atom. The Hall–Kier alpha value is -1.59. The Kier molecular flexibility index (Phi) is 8.43. The molecule has 1 aromatic carbocycles. The average Bonchev–Trinajstić information content (AvgIpc) is 2.97. The molecule has 2 aliphatic rings. The molecule has 27 heavy (non-hydrogen) atoms. The van der Waals surface area contributed by atoms with Crippen molar-refractivity contribution < 1.29 is 14.3 Å². The number of anilines is 1. The third-order valence-corrected chi connectivity index (χ3v) is 5.42. The minimum atomic E-state index is 0.0918. The van der Waals surface area contributed by atoms with Gasteiger partial charge in [0, 0.05) is 18.7 Å². The zero-order chi connectivity index (χ0) is 18.7. The monoisotopic (exact) mass is 374 g/mol. The molecule has 0 bridgehead atoms. The van der Waals surface area contributed by atoms with Crippen LogP contribution in [0.3, 0.4) is 0 Å². The standard InChI is InChI=1S/C22H34N2O3/c25-22(9-7-16-24-14-4-1-2-5-15-24)23-19-10-12-20(13-11-19)27-18-21-8-3-6-17-26-21/h10-13,21H,1-9,14-18H2,(H,23,25). The summed E-state index contributed by atoms with van der Waals surface area (Å²) in [7, 11) is 0. The molecule has 1 aromatic rings. The van der Waals surface area contributed by atoms with Crippen molar-refractivity contribution in [2.24, 2.45) is 0 Å². The van der Waals surface area contributed by atoms with E-state index in [2.05, 4.69) is 10.2 Å². The molecule has 0 radical (unpaired) electrons. The molecule has 5 nitrogen and oxygen atoms in total. The highest BCUT2D eigenvalue weighted by Crippen LogP contribution is 2.19. The van der Waals surface area contributed by atoms with Crippen molar-refractivity contribution >= 4 is 11.6 Å². The van der Waals surface area contributed by atoms with E-state index in [1.807, 2.05) is 24.3 Å². The van der Waals surface area contributed by atoms with Crippen LogP contribution in [0.2, 0.25) is 0 Å². The van der Waals surface area contributed by atoms with Gasteiger partial charge in [-0.25, -0.2) is 0 Å². The number of carbonyl (C=O) groups excluding carboxylic acids is 1. The normalized spacial score (nSPS) is 21.4. The van der Waals surface area contributed by atoms with Crippen LogP contribution < -0.4 is 10.1 Å². The number of rotatable bonds is 8. The molecule has 5 heteroatoms. The van der Waals surface area contributed by atoms with Gasteiger partial charge in [-0.15, -0.1) is 0 Å². The molecule has 1 amide bonds. The topological polar surface area (TPSA) is 50.8 Å². The summed E-state index contributed by atoms with van der Waals surface area (Å²) in [6, 6.07) is 7.64. The first-order chi connectivity index (χ1) is 13.3. The minimum Gasteiger partial charge on any atom is -0.491 e. The number of amides is 1. The first kappa shape index (κ1) is 20.2. The summed E-state index contributed by atoms with van der Waals surface area (Å²) in [5.41, 5.74) is 0.830. The molecule has 2 fully saturated rings. The molecule has 2 aliphatic heterocycles. The zero-order valence-corrected chi connectivity index (χ0v) is 16.5. The molecular weight excluding hydrogens is 340 g/mol. The van der Waals surface area contributed by atoms with Gasteiger partial charge in [0.25, 0.3) is 0 Å². The fourth-order valence-corrected chi connectivity index (χ4v) is 3.81. The molecule has 0 spiro atoms. The Balaban J connectivity index is 1.32. The number of nitrogens with zero attached hydrogens (tertiary/aromatic N) is 1. The first-order valence-electron chi connectivity index (χ1n) is 10.7. The van der Waals surface area contributed by atoms with Gasteiger partial charge >= 0.3 is 0 Å². The largest absolute Gasteiger partial charge is 0.491 e. The summed E-state index contributed by atoms with van der Waals surface area (Å²) in [5.74, 6) is 0.914. The number of likely N-dealkylation sites (tertiary alicyclic amines) is 1. The second-order valence-corrected chi connectivity index (χ2v) is 7.73. The third-order valence-electron chi connectivity index (χ3n) is 5.42. The van der Waals surface area contributed by atoms with E-state index in [9.17, 15) is 4.79 Å². The lowest BCUT2D eigenvalue weighted by Crippen LogP contribution is -2.26. The Labute approximate surface area is 163 Å². The molecule has 0 aromatic heterocycles. The highest BCUT2D eigenvalue weighted by Gasteiger charge is 2.14. The van der Waals surface area contributed by atoms with Gasteiger partial charge < -0.3 is 19.7 Å². The lowest BCUT2D eigenvalue weighted by molar-refractivity contribution is -0.116. The predicted octanol–water partition coefficient (Wildman–Crippen LogP) is 4.23. The van der Waals surface area contributed by atoms with E-state index in [-0.39, 0.29) is 12.0 Å². The maximum absolute atomic E-state index is 12.2. The minimum absolute atomic E-state index is 0.0918. The van der Waals surface area contributed by atoms with Gasteiger partial charge in [0.05, 0.1) is 6.10 Å². The first-order valence-corrected chi connectivity index (χ1v) is 10.7. The van der Waals surface area contributed by atoms with E-state index in [0.717, 1.165) is 43.9 Å². The van der Waals surface area contributed by atoms with Crippen LogP contribution in [0.4, 0.5) is 5.69 Å². The molecule has 1 atom stereocenters. The zero-order valence-electron chi connectivity index (χ0n) is 16.5. The quantitative estimate of drug-likeness (QED) is 0.740. The lowest BCUT2D eigenvalue weighted by atomic mass is 10.1. The average molecular weight is 375 g/mol. The number of carbonyl (C=O) groups is 1. The van der Waals surface area contributed by atoms with Crippen LogP contribution >= 0.6 is 0 Å². The van der Waals surface area contributed by atoms with Crippen molar-refractivity contribution in [2.75, 3.05) is 38.2 Å². The molecule has 2 saturated heterocycles. The highest BCUT2D eigenvalue weighted by atomic mass is 16.5. The van der Waals surface area contributed by atoms with E-state index in [0.29, 0.717) is 13.0 Å². The van der Waals surface area contributed by atoms with E-state index in [4.69, 9.17) is 9.47 Å². The van der Waals surface area contributed by atoms with Gasteiger partial charge in [0.15, 0.2) is 0 Å². The molecule has 1 unspecified atom stereocenters. The highest BCUT2D eigenvalue weighted by molar-refractivity contribution is 5.90. The second-order valence-electron chi connectivity index (χ2n) is 7.73. The molecule has 1 N–H and O–H groups in total. The van der Waals surface area contributed by atoms with Gasteiger partial charge in [0.2, 0.25) is 5.91 Å². The van der Waals surface area contributed by atoms with Crippen LogP contribution in [0, 0.1) is 0 Å². The summed E-state index contributed by atoms with van der Waals surface area (Å²) in [6.07, 6.45) is 10.5. The van der Waals surface area contributed by atoms with Crippen LogP contribution in [-0.2, 0) is 9.53 Å². The van der Waals surface area contributed by atoms with Crippen LogP contribution in [0.5, 0.6) is 5.75 Å². The second kappa shape index (κ2) is 11.3. The number of benzene rings is 1. The number of ether oxygens (including phenoxy) is 2. The Morgan fingerprint density at radius 3 is 2.56 bits per heavy atom. The summed E-state index contributed by atoms with van der Waals surface area (Å²) < 4.78 is 11.5. The Bertz CT molecular complexity index is 547. The van der Waals surface area contributed by atoms with Crippen molar-refractivity contribution in [1.29, 1.82) is 0 Å². The molecular formula is C22H34N2O3. The maximum Gasteiger partial charge on any atom is 0.224 e. The molecule has 2 heterocycles. The lowest BCUT2D eigenvalue weighted by Gasteiger charge is -2.22. The predicted molar refractivity (Wildman–Crippen MR) is 108 cm³/mol. The number of hydrogen-bond donors (Lipinski definition) is 1. The van der Waals surface area contributed by atoms with Crippen molar-refractivity contribution in [3.63, 3.8) is 0 Å². The fourth-order valence-electron chi connectivity index (χ4n) is 3.81. The molecule has 0 aliphatic carbocycles. The van der Waals surface area contributed by atoms with Crippen molar-refractivity contribution in [3.8, 4) is 5.75 Å². The van der Waals surface area contributed by atoms with Gasteiger partial charge in [-0.1, -0.05) is 12.8 Å². The van der Waals surface area contributed by atoms with Crippen molar-refractivity contribution in [2.45, 2.75) is 63.9 Å². The third kappa shape index (κ3) is 7.51. The Morgan fingerprint density at radius 2 is 1.85 bits per heavy atom. The summed E-state index contributed by atoms with van der Waals surface area (Å²) in [5, 5.41) is 2.99. The number of hydrogen-bond acceptors (Lipinski definition) is 4. The summed E-state index contributed by atoms with van der Waals surface area (Å²) in [4.78, 5) is 14.7. The fraction of sp³-hybridized carbons (Fsp3) is 0.682. The SMILES string of the molecule is O=C(CCCN1CCCCCC1)Nc1ccc(OCC2CCCCO2)cc1. The van der Waals surface area contributed by atoms with Crippen LogP contribution in [-0.4, -0.2) is 49.8 Å². The van der Waals surface area contributed by atoms with E-state index in [1.165, 1.54) is 45.2 Å². The van der Waals surface area contributed by atoms with Gasteiger partial charge in [0.1, 0.15) is 12.4 Å². The van der Waals surface area contributed by atoms with Gasteiger partial charge in [-0.3, -0.25) is 4.79 Å². The van der Waals surface area contributed by atoms with E-state index < -0.39 is 0 Å². The van der Waals surface area contributed by atoms with Crippen LogP contribution in [0.25, 0.3) is 0 Å². The molecule has 3 rings (SSSR count). The van der Waals surface area contributed by atoms with E-state index in [1.54, 1.807) is 0 Å².